The molecule has 0 radical (unpaired) electrons. The number of carboxylic acid groups (broad SMARTS) is 1. The molecule has 1 aliphatic carbocycles. The van der Waals surface area contributed by atoms with Crippen LogP contribution < -0.4 is 5.73 Å². The summed E-state index contributed by atoms with van der Waals surface area (Å²) < 4.78 is 0. The van der Waals surface area contributed by atoms with Gasteiger partial charge in [-0.3, -0.25) is 14.6 Å². The van der Waals surface area contributed by atoms with E-state index in [2.05, 4.69) is 9.97 Å². The summed E-state index contributed by atoms with van der Waals surface area (Å²) in [5.74, 6) is -1.42. The molecule has 1 fully saturated rings. The molecule has 6 nitrogen and oxygen atoms in total. The largest absolute Gasteiger partial charge is 0.481 e. The van der Waals surface area contributed by atoms with E-state index in [1.54, 1.807) is 13.0 Å². The number of aliphatic carboxylic acids is 1. The summed E-state index contributed by atoms with van der Waals surface area (Å²) in [4.78, 5) is 32.0. The van der Waals surface area contributed by atoms with E-state index in [1.807, 2.05) is 43.3 Å². The van der Waals surface area contributed by atoms with Gasteiger partial charge in [-0.05, 0) is 43.9 Å². The molecule has 0 unspecified atom stereocenters. The standard InChI is InChI=1S/C23H20ClN3O3/c1-12-19(27-20(21(25)28)13(2)26-12)15-5-3-14(4-6-15)17-8-7-16(11-18(17)24)23(9-10-23)22(29)30/h3-8,11H,9-10H2,1-2H3,(H2,25,28)(H,29,30). The number of carboxylic acids is 1. The lowest BCUT2D eigenvalue weighted by Gasteiger charge is -2.13. The Bertz CT molecular complexity index is 1190. The molecule has 7 heteroatoms. The fraction of sp³-hybridized carbons (Fsp3) is 0.217. The zero-order valence-electron chi connectivity index (χ0n) is 16.6. The number of carbonyl (C=O) groups excluding carboxylic acids is 1. The van der Waals surface area contributed by atoms with Crippen LogP contribution in [0.5, 0.6) is 0 Å². The molecule has 4 rings (SSSR count). The SMILES string of the molecule is Cc1nc(C)c(-c2ccc(-c3ccc(C4(C(=O)O)CC4)cc3Cl)cc2)nc1C(N)=O. The Morgan fingerprint density at radius 1 is 1.00 bits per heavy atom. The van der Waals surface area contributed by atoms with Crippen molar-refractivity contribution in [1.82, 2.24) is 9.97 Å². The molecule has 0 saturated heterocycles. The van der Waals surface area contributed by atoms with E-state index in [1.165, 1.54) is 0 Å². The van der Waals surface area contributed by atoms with Crippen molar-refractivity contribution in [2.24, 2.45) is 5.73 Å². The second-order valence-electron chi connectivity index (χ2n) is 7.62. The van der Waals surface area contributed by atoms with Crippen molar-refractivity contribution in [3.63, 3.8) is 0 Å². The van der Waals surface area contributed by atoms with Crippen LogP contribution in [0.1, 0.15) is 40.3 Å². The Morgan fingerprint density at radius 2 is 1.63 bits per heavy atom. The molecule has 3 aromatic rings. The van der Waals surface area contributed by atoms with Crippen molar-refractivity contribution in [3.05, 3.63) is 70.1 Å². The maximum absolute atomic E-state index is 11.6. The van der Waals surface area contributed by atoms with Crippen LogP contribution in [0.4, 0.5) is 0 Å². The first kappa shape index (κ1) is 20.0. The first-order valence-electron chi connectivity index (χ1n) is 9.52. The number of halogens is 1. The molecule has 2 aromatic carbocycles. The molecule has 1 saturated carbocycles. The summed E-state index contributed by atoms with van der Waals surface area (Å²) in [5, 5.41) is 9.99. The zero-order valence-corrected chi connectivity index (χ0v) is 17.3. The molecule has 0 spiro atoms. The molecule has 30 heavy (non-hydrogen) atoms. The zero-order chi connectivity index (χ0) is 21.6. The van der Waals surface area contributed by atoms with Gasteiger partial charge in [0, 0.05) is 16.1 Å². The quantitative estimate of drug-likeness (QED) is 0.638. The van der Waals surface area contributed by atoms with E-state index in [0.29, 0.717) is 34.9 Å². The second-order valence-corrected chi connectivity index (χ2v) is 8.02. The van der Waals surface area contributed by atoms with Gasteiger partial charge in [0.15, 0.2) is 0 Å². The minimum Gasteiger partial charge on any atom is -0.481 e. The summed E-state index contributed by atoms with van der Waals surface area (Å²) >= 11 is 6.49. The number of aryl methyl sites for hydroxylation is 2. The highest BCUT2D eigenvalue weighted by molar-refractivity contribution is 6.33. The molecule has 0 atom stereocenters. The van der Waals surface area contributed by atoms with Gasteiger partial charge in [-0.15, -0.1) is 0 Å². The summed E-state index contributed by atoms with van der Waals surface area (Å²) in [6, 6.07) is 13.0. The number of rotatable bonds is 5. The number of carbonyl (C=O) groups is 2. The Hall–Kier alpha value is -3.25. The lowest BCUT2D eigenvalue weighted by molar-refractivity contribution is -0.140. The average molecular weight is 422 g/mol. The van der Waals surface area contributed by atoms with E-state index in [0.717, 1.165) is 22.3 Å². The lowest BCUT2D eigenvalue weighted by atomic mass is 9.93. The van der Waals surface area contributed by atoms with Crippen LogP contribution in [-0.2, 0) is 10.2 Å². The predicted molar refractivity (Wildman–Crippen MR) is 114 cm³/mol. The van der Waals surface area contributed by atoms with Crippen LogP contribution in [0.25, 0.3) is 22.4 Å². The highest BCUT2D eigenvalue weighted by Gasteiger charge is 2.51. The van der Waals surface area contributed by atoms with Gasteiger partial charge in [0.1, 0.15) is 5.69 Å². The van der Waals surface area contributed by atoms with Gasteiger partial charge in [0.05, 0.1) is 22.5 Å². The molecule has 1 amide bonds. The fourth-order valence-corrected chi connectivity index (χ4v) is 4.03. The molecule has 0 aliphatic heterocycles. The van der Waals surface area contributed by atoms with Crippen molar-refractivity contribution in [2.75, 3.05) is 0 Å². The first-order chi connectivity index (χ1) is 14.2. The third kappa shape index (κ3) is 3.33. The number of amides is 1. The highest BCUT2D eigenvalue weighted by atomic mass is 35.5. The molecule has 1 heterocycles. The molecule has 3 N–H and O–H groups in total. The van der Waals surface area contributed by atoms with E-state index in [4.69, 9.17) is 17.3 Å². The van der Waals surface area contributed by atoms with Gasteiger partial charge < -0.3 is 10.8 Å². The maximum Gasteiger partial charge on any atom is 0.314 e. The predicted octanol–water partition coefficient (Wildman–Crippen LogP) is 4.30. The number of nitrogens with zero attached hydrogens (tertiary/aromatic N) is 2. The van der Waals surface area contributed by atoms with Gasteiger partial charge in [-0.25, -0.2) is 4.98 Å². The fourth-order valence-electron chi connectivity index (χ4n) is 3.74. The third-order valence-electron chi connectivity index (χ3n) is 5.63. The van der Waals surface area contributed by atoms with Crippen LogP contribution in [0.3, 0.4) is 0 Å². The minimum atomic E-state index is -0.805. The number of benzene rings is 2. The normalized spacial score (nSPS) is 14.4. The Balaban J connectivity index is 1.67. The van der Waals surface area contributed by atoms with Crippen molar-refractivity contribution < 1.29 is 14.7 Å². The van der Waals surface area contributed by atoms with Gasteiger partial charge in [0.25, 0.3) is 5.91 Å². The maximum atomic E-state index is 11.6. The third-order valence-corrected chi connectivity index (χ3v) is 5.94. The molecule has 1 aliphatic rings. The monoisotopic (exact) mass is 421 g/mol. The summed E-state index contributed by atoms with van der Waals surface area (Å²) in [7, 11) is 0. The van der Waals surface area contributed by atoms with Gasteiger partial charge in [0.2, 0.25) is 0 Å². The molecular weight excluding hydrogens is 402 g/mol. The van der Waals surface area contributed by atoms with Gasteiger partial charge in [-0.2, -0.15) is 0 Å². The Kier molecular flexibility index (Phi) is 4.82. The second kappa shape index (κ2) is 7.22. The summed E-state index contributed by atoms with van der Waals surface area (Å²) in [6.45, 7) is 3.54. The number of hydrogen-bond donors (Lipinski definition) is 2. The summed E-state index contributed by atoms with van der Waals surface area (Å²) in [6.07, 6.45) is 1.27. The number of nitrogens with two attached hydrogens (primary N) is 1. The van der Waals surface area contributed by atoms with Gasteiger partial charge >= 0.3 is 5.97 Å². The minimum absolute atomic E-state index is 0.158. The summed E-state index contributed by atoms with van der Waals surface area (Å²) in [5.41, 5.74) is 9.83. The van der Waals surface area contributed by atoms with Gasteiger partial charge in [-0.1, -0.05) is 48.0 Å². The Morgan fingerprint density at radius 3 is 2.17 bits per heavy atom. The van der Waals surface area contributed by atoms with E-state index in [-0.39, 0.29) is 5.69 Å². The molecule has 152 valence electrons. The van der Waals surface area contributed by atoms with E-state index >= 15 is 0 Å². The van der Waals surface area contributed by atoms with Crippen LogP contribution >= 0.6 is 11.6 Å². The van der Waals surface area contributed by atoms with Crippen molar-refractivity contribution >= 4 is 23.5 Å². The molecule has 0 bridgehead atoms. The van der Waals surface area contributed by atoms with E-state index in [9.17, 15) is 14.7 Å². The topological polar surface area (TPSA) is 106 Å². The molecule has 1 aromatic heterocycles. The first-order valence-corrected chi connectivity index (χ1v) is 9.90. The highest BCUT2D eigenvalue weighted by Crippen LogP contribution is 2.49. The van der Waals surface area contributed by atoms with Crippen molar-refractivity contribution in [3.8, 4) is 22.4 Å². The Labute approximate surface area is 178 Å². The smallest absolute Gasteiger partial charge is 0.314 e. The van der Waals surface area contributed by atoms with Crippen molar-refractivity contribution in [1.29, 1.82) is 0 Å². The van der Waals surface area contributed by atoms with Crippen LogP contribution in [0.2, 0.25) is 5.02 Å². The number of aromatic nitrogens is 2. The van der Waals surface area contributed by atoms with Crippen LogP contribution in [-0.4, -0.2) is 27.0 Å². The molecular formula is C23H20ClN3O3. The van der Waals surface area contributed by atoms with Crippen molar-refractivity contribution in [2.45, 2.75) is 32.1 Å². The van der Waals surface area contributed by atoms with Crippen LogP contribution in [0, 0.1) is 13.8 Å². The average Bonchev–Trinajstić information content (AvgIpc) is 3.50. The van der Waals surface area contributed by atoms with E-state index < -0.39 is 17.3 Å². The van der Waals surface area contributed by atoms with Crippen LogP contribution in [0.15, 0.2) is 42.5 Å². The number of primary amides is 1. The number of hydrogen-bond acceptors (Lipinski definition) is 4. The lowest BCUT2D eigenvalue weighted by Crippen LogP contribution is -2.19.